The summed E-state index contributed by atoms with van der Waals surface area (Å²) in [5.41, 5.74) is 5.64. The summed E-state index contributed by atoms with van der Waals surface area (Å²) >= 11 is 0. The third-order valence-electron chi connectivity index (χ3n) is 3.30. The molecule has 1 atom stereocenters. The number of aryl methyl sites for hydroxylation is 2. The normalized spacial score (nSPS) is 12.8. The summed E-state index contributed by atoms with van der Waals surface area (Å²) in [5.74, 6) is 2.35. The SMILES string of the molecule is CCCCc1noc(CCC(CCC)CCN)n1. The maximum absolute atomic E-state index is 5.64. The lowest BCUT2D eigenvalue weighted by Gasteiger charge is -2.13. The van der Waals surface area contributed by atoms with Gasteiger partial charge in [0.15, 0.2) is 5.82 Å². The van der Waals surface area contributed by atoms with Gasteiger partial charge in [0.05, 0.1) is 0 Å². The number of hydrogen-bond donors (Lipinski definition) is 1. The van der Waals surface area contributed by atoms with Crippen molar-refractivity contribution >= 4 is 0 Å². The molecule has 1 unspecified atom stereocenters. The van der Waals surface area contributed by atoms with Gasteiger partial charge in [-0.25, -0.2) is 0 Å². The van der Waals surface area contributed by atoms with Crippen molar-refractivity contribution in [3.05, 3.63) is 11.7 Å². The molecule has 4 nitrogen and oxygen atoms in total. The summed E-state index contributed by atoms with van der Waals surface area (Å²) in [4.78, 5) is 4.43. The number of unbranched alkanes of at least 4 members (excludes halogenated alkanes) is 1. The molecule has 0 spiro atoms. The molecule has 0 aliphatic carbocycles. The molecule has 0 aromatic carbocycles. The van der Waals surface area contributed by atoms with Gasteiger partial charge >= 0.3 is 0 Å². The van der Waals surface area contributed by atoms with Gasteiger partial charge in [0.1, 0.15) is 0 Å². The lowest BCUT2D eigenvalue weighted by Crippen LogP contribution is -2.09. The van der Waals surface area contributed by atoms with Crippen LogP contribution in [0.3, 0.4) is 0 Å². The van der Waals surface area contributed by atoms with Crippen LogP contribution in [0.25, 0.3) is 0 Å². The molecule has 4 heteroatoms. The minimum Gasteiger partial charge on any atom is -0.339 e. The Balaban J connectivity index is 2.34. The first-order chi connectivity index (χ1) is 8.80. The van der Waals surface area contributed by atoms with Crippen LogP contribution in [0.4, 0.5) is 0 Å². The molecule has 2 N–H and O–H groups in total. The van der Waals surface area contributed by atoms with Gasteiger partial charge < -0.3 is 10.3 Å². The van der Waals surface area contributed by atoms with Gasteiger partial charge in [-0.1, -0.05) is 38.3 Å². The molecule has 1 rings (SSSR count). The molecular weight excluding hydrogens is 226 g/mol. The second-order valence-corrected chi connectivity index (χ2v) is 4.98. The topological polar surface area (TPSA) is 64.9 Å². The maximum Gasteiger partial charge on any atom is 0.226 e. The highest BCUT2D eigenvalue weighted by molar-refractivity contribution is 4.87. The molecule has 0 saturated carbocycles. The van der Waals surface area contributed by atoms with E-state index in [0.29, 0.717) is 5.92 Å². The first kappa shape index (κ1) is 15.2. The van der Waals surface area contributed by atoms with E-state index in [0.717, 1.165) is 50.4 Å². The van der Waals surface area contributed by atoms with E-state index in [1.54, 1.807) is 0 Å². The molecule has 0 aliphatic heterocycles. The summed E-state index contributed by atoms with van der Waals surface area (Å²) in [7, 11) is 0. The molecule has 0 bridgehead atoms. The summed E-state index contributed by atoms with van der Waals surface area (Å²) in [6.07, 6.45) is 8.80. The zero-order chi connectivity index (χ0) is 13.2. The smallest absolute Gasteiger partial charge is 0.226 e. The van der Waals surface area contributed by atoms with Gasteiger partial charge in [-0.2, -0.15) is 4.98 Å². The van der Waals surface area contributed by atoms with Crippen molar-refractivity contribution in [1.82, 2.24) is 10.1 Å². The molecule has 0 fully saturated rings. The van der Waals surface area contributed by atoms with Crippen LogP contribution in [0.2, 0.25) is 0 Å². The molecule has 18 heavy (non-hydrogen) atoms. The number of nitrogens with zero attached hydrogens (tertiary/aromatic N) is 2. The monoisotopic (exact) mass is 253 g/mol. The van der Waals surface area contributed by atoms with Crippen LogP contribution in [0.15, 0.2) is 4.52 Å². The molecule has 1 aromatic heterocycles. The fraction of sp³-hybridized carbons (Fsp3) is 0.857. The van der Waals surface area contributed by atoms with Crippen molar-refractivity contribution in [3.8, 4) is 0 Å². The molecule has 0 saturated heterocycles. The quantitative estimate of drug-likeness (QED) is 0.696. The van der Waals surface area contributed by atoms with Crippen LogP contribution < -0.4 is 5.73 Å². The summed E-state index contributed by atoms with van der Waals surface area (Å²) in [5, 5.41) is 4.01. The molecular formula is C14H27N3O. The molecule has 1 aromatic rings. The molecule has 1 heterocycles. The molecule has 0 amide bonds. The minimum atomic E-state index is 0.700. The number of rotatable bonds is 10. The van der Waals surface area contributed by atoms with Crippen LogP contribution in [-0.2, 0) is 12.8 Å². The third-order valence-corrected chi connectivity index (χ3v) is 3.30. The minimum absolute atomic E-state index is 0.700. The van der Waals surface area contributed by atoms with E-state index >= 15 is 0 Å². The highest BCUT2D eigenvalue weighted by Crippen LogP contribution is 2.17. The van der Waals surface area contributed by atoms with E-state index in [2.05, 4.69) is 24.0 Å². The number of nitrogens with two attached hydrogens (primary N) is 1. The van der Waals surface area contributed by atoms with Crippen molar-refractivity contribution < 1.29 is 4.52 Å². The van der Waals surface area contributed by atoms with Crippen molar-refractivity contribution in [2.75, 3.05) is 6.54 Å². The van der Waals surface area contributed by atoms with Crippen LogP contribution in [0.5, 0.6) is 0 Å². The Labute approximate surface area is 110 Å². The van der Waals surface area contributed by atoms with E-state index < -0.39 is 0 Å². The average molecular weight is 253 g/mol. The predicted octanol–water partition coefficient (Wildman–Crippen LogP) is 3.11. The van der Waals surface area contributed by atoms with Crippen LogP contribution >= 0.6 is 0 Å². The van der Waals surface area contributed by atoms with Gasteiger partial charge in [0, 0.05) is 12.8 Å². The maximum atomic E-state index is 5.64. The van der Waals surface area contributed by atoms with Gasteiger partial charge in [-0.05, 0) is 31.7 Å². The van der Waals surface area contributed by atoms with E-state index in [4.69, 9.17) is 10.3 Å². The van der Waals surface area contributed by atoms with Crippen LogP contribution in [-0.4, -0.2) is 16.7 Å². The Morgan fingerprint density at radius 2 is 1.94 bits per heavy atom. The molecule has 0 aliphatic rings. The lowest BCUT2D eigenvalue weighted by molar-refractivity contribution is 0.346. The number of hydrogen-bond acceptors (Lipinski definition) is 4. The van der Waals surface area contributed by atoms with Crippen molar-refractivity contribution in [3.63, 3.8) is 0 Å². The third kappa shape index (κ3) is 5.63. The molecule has 0 radical (unpaired) electrons. The highest BCUT2D eigenvalue weighted by Gasteiger charge is 2.11. The van der Waals surface area contributed by atoms with E-state index in [9.17, 15) is 0 Å². The van der Waals surface area contributed by atoms with Crippen molar-refractivity contribution in [2.45, 2.75) is 65.2 Å². The Kier molecular flexibility index (Phi) is 7.65. The van der Waals surface area contributed by atoms with Crippen LogP contribution in [0, 0.1) is 5.92 Å². The predicted molar refractivity (Wildman–Crippen MR) is 73.3 cm³/mol. The largest absolute Gasteiger partial charge is 0.339 e. The van der Waals surface area contributed by atoms with E-state index in [1.807, 2.05) is 0 Å². The van der Waals surface area contributed by atoms with Gasteiger partial charge in [0.2, 0.25) is 5.89 Å². The zero-order valence-corrected chi connectivity index (χ0v) is 11.8. The van der Waals surface area contributed by atoms with Gasteiger partial charge in [-0.15, -0.1) is 0 Å². The van der Waals surface area contributed by atoms with Crippen molar-refractivity contribution in [2.24, 2.45) is 11.7 Å². The van der Waals surface area contributed by atoms with Crippen molar-refractivity contribution in [1.29, 1.82) is 0 Å². The van der Waals surface area contributed by atoms with E-state index in [-0.39, 0.29) is 0 Å². The fourth-order valence-electron chi connectivity index (χ4n) is 2.23. The summed E-state index contributed by atoms with van der Waals surface area (Å²) in [6.45, 7) is 5.17. The Bertz CT molecular complexity index is 306. The Morgan fingerprint density at radius 3 is 2.61 bits per heavy atom. The average Bonchev–Trinajstić information content (AvgIpc) is 2.82. The Morgan fingerprint density at radius 1 is 1.11 bits per heavy atom. The second-order valence-electron chi connectivity index (χ2n) is 4.98. The summed E-state index contributed by atoms with van der Waals surface area (Å²) in [6, 6.07) is 0. The number of aromatic nitrogens is 2. The first-order valence-electron chi connectivity index (χ1n) is 7.31. The van der Waals surface area contributed by atoms with Gasteiger partial charge in [-0.3, -0.25) is 0 Å². The van der Waals surface area contributed by atoms with E-state index in [1.165, 1.54) is 19.3 Å². The zero-order valence-electron chi connectivity index (χ0n) is 11.8. The first-order valence-corrected chi connectivity index (χ1v) is 7.31. The highest BCUT2D eigenvalue weighted by atomic mass is 16.5. The lowest BCUT2D eigenvalue weighted by atomic mass is 9.94. The molecule has 104 valence electrons. The fourth-order valence-corrected chi connectivity index (χ4v) is 2.23. The van der Waals surface area contributed by atoms with Gasteiger partial charge in [0.25, 0.3) is 0 Å². The Hall–Kier alpha value is -0.900. The van der Waals surface area contributed by atoms with Crippen LogP contribution in [0.1, 0.15) is 64.1 Å². The summed E-state index contributed by atoms with van der Waals surface area (Å²) < 4.78 is 5.28. The standard InChI is InChI=1S/C14H27N3O/c1-3-5-7-13-16-14(18-17-13)9-8-12(6-4-2)10-11-15/h12H,3-11,15H2,1-2H3. The second kappa shape index (κ2) is 9.09.